The number of hydrogen-bond donors (Lipinski definition) is 2. The SMILES string of the molecule is CCCOc1c(Br)cc(/C=N/Nc2cccc(C(=O)O)c2)cc1OCC. The maximum Gasteiger partial charge on any atom is 0.335 e. The van der Waals surface area contributed by atoms with E-state index in [4.69, 9.17) is 14.6 Å². The monoisotopic (exact) mass is 420 g/mol. The van der Waals surface area contributed by atoms with Crippen LogP contribution in [0.3, 0.4) is 0 Å². The van der Waals surface area contributed by atoms with Crippen LogP contribution in [0.15, 0.2) is 46.0 Å². The van der Waals surface area contributed by atoms with Crippen LogP contribution >= 0.6 is 15.9 Å². The number of hydrogen-bond acceptors (Lipinski definition) is 5. The summed E-state index contributed by atoms with van der Waals surface area (Å²) in [6.45, 7) is 5.08. The summed E-state index contributed by atoms with van der Waals surface area (Å²) in [5.74, 6) is 0.336. The Kier molecular flexibility index (Phi) is 7.47. The summed E-state index contributed by atoms with van der Waals surface area (Å²) < 4.78 is 12.2. The van der Waals surface area contributed by atoms with E-state index in [0.29, 0.717) is 30.4 Å². The number of halogens is 1. The highest BCUT2D eigenvalue weighted by Crippen LogP contribution is 2.36. The van der Waals surface area contributed by atoms with Gasteiger partial charge in [-0.2, -0.15) is 5.10 Å². The molecule has 0 atom stereocenters. The Balaban J connectivity index is 2.16. The van der Waals surface area contributed by atoms with Crippen LogP contribution in [0.25, 0.3) is 0 Å². The fraction of sp³-hybridized carbons (Fsp3) is 0.263. The summed E-state index contributed by atoms with van der Waals surface area (Å²) in [7, 11) is 0. The van der Waals surface area contributed by atoms with Gasteiger partial charge >= 0.3 is 5.97 Å². The van der Waals surface area contributed by atoms with Gasteiger partial charge < -0.3 is 14.6 Å². The van der Waals surface area contributed by atoms with Crippen molar-refractivity contribution in [3.05, 3.63) is 52.0 Å². The summed E-state index contributed by atoms with van der Waals surface area (Å²) in [6.07, 6.45) is 2.53. The zero-order chi connectivity index (χ0) is 18.9. The summed E-state index contributed by atoms with van der Waals surface area (Å²) in [5, 5.41) is 13.2. The van der Waals surface area contributed by atoms with Gasteiger partial charge in [-0.1, -0.05) is 13.0 Å². The number of anilines is 1. The first-order valence-electron chi connectivity index (χ1n) is 8.26. The summed E-state index contributed by atoms with van der Waals surface area (Å²) in [4.78, 5) is 11.0. The number of carboxylic acids is 1. The molecular weight excluding hydrogens is 400 g/mol. The quantitative estimate of drug-likeness (QED) is 0.450. The van der Waals surface area contributed by atoms with Crippen molar-refractivity contribution < 1.29 is 19.4 Å². The number of ether oxygens (including phenoxy) is 2. The van der Waals surface area contributed by atoms with Crippen molar-refractivity contribution in [2.75, 3.05) is 18.6 Å². The third kappa shape index (κ3) is 5.49. The second-order valence-corrected chi connectivity index (χ2v) is 6.22. The van der Waals surface area contributed by atoms with Crippen LogP contribution in [0.1, 0.15) is 36.2 Å². The van der Waals surface area contributed by atoms with E-state index in [0.717, 1.165) is 16.5 Å². The van der Waals surface area contributed by atoms with Crippen molar-refractivity contribution in [1.82, 2.24) is 0 Å². The molecule has 0 aliphatic rings. The van der Waals surface area contributed by atoms with Gasteiger partial charge in [-0.15, -0.1) is 0 Å². The minimum atomic E-state index is -0.981. The summed E-state index contributed by atoms with van der Waals surface area (Å²) in [5.41, 5.74) is 4.43. The summed E-state index contributed by atoms with van der Waals surface area (Å²) in [6, 6.07) is 10.2. The molecule has 0 radical (unpaired) electrons. The molecule has 2 N–H and O–H groups in total. The van der Waals surface area contributed by atoms with Gasteiger partial charge in [0.1, 0.15) is 0 Å². The molecule has 0 heterocycles. The van der Waals surface area contributed by atoms with E-state index < -0.39 is 5.97 Å². The van der Waals surface area contributed by atoms with Gasteiger partial charge in [0.2, 0.25) is 0 Å². The lowest BCUT2D eigenvalue weighted by atomic mass is 10.2. The number of hydrazone groups is 1. The van der Waals surface area contributed by atoms with E-state index in [2.05, 4.69) is 26.5 Å². The third-order valence-corrected chi connectivity index (χ3v) is 3.89. The number of rotatable bonds is 9. The maximum absolute atomic E-state index is 11.0. The normalized spacial score (nSPS) is 10.7. The zero-order valence-electron chi connectivity index (χ0n) is 14.7. The zero-order valence-corrected chi connectivity index (χ0v) is 16.2. The van der Waals surface area contributed by atoms with Crippen LogP contribution in [0.4, 0.5) is 5.69 Å². The van der Waals surface area contributed by atoms with Gasteiger partial charge in [0.25, 0.3) is 0 Å². The van der Waals surface area contributed by atoms with Crippen molar-refractivity contribution in [3.8, 4) is 11.5 Å². The fourth-order valence-electron chi connectivity index (χ4n) is 2.17. The number of nitrogens with zero attached hydrogens (tertiary/aromatic N) is 1. The Labute approximate surface area is 161 Å². The van der Waals surface area contributed by atoms with E-state index >= 15 is 0 Å². The van der Waals surface area contributed by atoms with Gasteiger partial charge in [-0.3, -0.25) is 5.43 Å². The van der Waals surface area contributed by atoms with Crippen molar-refractivity contribution in [1.29, 1.82) is 0 Å². The first-order chi connectivity index (χ1) is 12.5. The molecule has 2 aromatic carbocycles. The van der Waals surface area contributed by atoms with E-state index in [9.17, 15) is 4.79 Å². The highest BCUT2D eigenvalue weighted by Gasteiger charge is 2.11. The molecule has 2 aromatic rings. The van der Waals surface area contributed by atoms with Crippen LogP contribution in [-0.4, -0.2) is 30.5 Å². The van der Waals surface area contributed by atoms with Crippen molar-refractivity contribution in [3.63, 3.8) is 0 Å². The molecule has 2 rings (SSSR count). The Morgan fingerprint density at radius 3 is 2.77 bits per heavy atom. The van der Waals surface area contributed by atoms with Gasteiger partial charge in [0.05, 0.1) is 35.2 Å². The molecule has 0 bridgehead atoms. The largest absolute Gasteiger partial charge is 0.490 e. The number of carbonyl (C=O) groups is 1. The van der Waals surface area contributed by atoms with Crippen LogP contribution in [0.5, 0.6) is 11.5 Å². The van der Waals surface area contributed by atoms with Gasteiger partial charge in [-0.05, 0) is 65.2 Å². The van der Waals surface area contributed by atoms with Gasteiger partial charge in [0, 0.05) is 0 Å². The molecule has 7 heteroatoms. The molecule has 0 unspecified atom stereocenters. The van der Waals surface area contributed by atoms with Crippen molar-refractivity contribution in [2.24, 2.45) is 5.10 Å². The standard InChI is InChI=1S/C19H21BrN2O4/c1-3-8-26-18-16(20)9-13(10-17(18)25-4-2)12-21-22-15-7-5-6-14(11-15)19(23)24/h5-7,9-12,22H,3-4,8H2,1-2H3,(H,23,24)/b21-12+. The van der Waals surface area contributed by atoms with E-state index in [1.54, 1.807) is 18.3 Å². The smallest absolute Gasteiger partial charge is 0.335 e. The van der Waals surface area contributed by atoms with E-state index in [1.165, 1.54) is 12.1 Å². The predicted molar refractivity (Wildman–Crippen MR) is 106 cm³/mol. The molecule has 26 heavy (non-hydrogen) atoms. The number of carboxylic acid groups (broad SMARTS) is 1. The molecule has 0 fully saturated rings. The highest BCUT2D eigenvalue weighted by atomic mass is 79.9. The predicted octanol–water partition coefficient (Wildman–Crippen LogP) is 4.78. The molecule has 0 amide bonds. The molecule has 0 aliphatic carbocycles. The van der Waals surface area contributed by atoms with Crippen LogP contribution in [0, 0.1) is 0 Å². The Hall–Kier alpha value is -2.54. The first kappa shape index (κ1) is 19.8. The molecule has 0 aliphatic heterocycles. The third-order valence-electron chi connectivity index (χ3n) is 3.30. The number of benzene rings is 2. The lowest BCUT2D eigenvalue weighted by Gasteiger charge is -2.14. The van der Waals surface area contributed by atoms with Crippen LogP contribution in [0.2, 0.25) is 0 Å². The van der Waals surface area contributed by atoms with Gasteiger partial charge in [0.15, 0.2) is 11.5 Å². The number of nitrogens with one attached hydrogen (secondary N) is 1. The maximum atomic E-state index is 11.0. The molecule has 0 saturated carbocycles. The van der Waals surface area contributed by atoms with Crippen molar-refractivity contribution >= 4 is 33.8 Å². The second-order valence-electron chi connectivity index (χ2n) is 5.37. The molecule has 0 saturated heterocycles. The molecule has 0 aromatic heterocycles. The van der Waals surface area contributed by atoms with E-state index in [-0.39, 0.29) is 5.56 Å². The Morgan fingerprint density at radius 1 is 1.27 bits per heavy atom. The van der Waals surface area contributed by atoms with Gasteiger partial charge in [-0.25, -0.2) is 4.79 Å². The fourth-order valence-corrected chi connectivity index (χ4v) is 2.75. The van der Waals surface area contributed by atoms with Crippen molar-refractivity contribution in [2.45, 2.75) is 20.3 Å². The Bertz CT molecular complexity index is 793. The number of aromatic carboxylic acids is 1. The van der Waals surface area contributed by atoms with E-state index in [1.807, 2.05) is 26.0 Å². The second kappa shape index (κ2) is 9.82. The molecule has 0 spiro atoms. The first-order valence-corrected chi connectivity index (χ1v) is 9.06. The lowest BCUT2D eigenvalue weighted by Crippen LogP contribution is -2.02. The minimum absolute atomic E-state index is 0.198. The molecule has 6 nitrogen and oxygen atoms in total. The van der Waals surface area contributed by atoms with Crippen LogP contribution in [-0.2, 0) is 0 Å². The molecule has 138 valence electrons. The lowest BCUT2D eigenvalue weighted by molar-refractivity contribution is 0.0697. The summed E-state index contributed by atoms with van der Waals surface area (Å²) >= 11 is 3.51. The highest BCUT2D eigenvalue weighted by molar-refractivity contribution is 9.10. The average Bonchev–Trinajstić information content (AvgIpc) is 2.61. The average molecular weight is 421 g/mol. The topological polar surface area (TPSA) is 80.2 Å². The molecular formula is C19H21BrN2O4. The Morgan fingerprint density at radius 2 is 2.08 bits per heavy atom. The van der Waals surface area contributed by atoms with Crippen LogP contribution < -0.4 is 14.9 Å². The minimum Gasteiger partial charge on any atom is -0.490 e.